The standard InChI is InChI=1S/C16H20N4O3S2/c1-23-14(21)11(5-8-24-2)19-15(22)18-10-3-4-13-12(9-10)20-7-6-17-16(20)25-13/h3-4,9,11H,5-8H2,1-2H3,(H2,18,19,22). The van der Waals surface area contributed by atoms with E-state index in [-0.39, 0.29) is 0 Å². The van der Waals surface area contributed by atoms with Crippen molar-refractivity contribution in [3.63, 3.8) is 0 Å². The van der Waals surface area contributed by atoms with Crippen LogP contribution in [0, 0.1) is 0 Å². The van der Waals surface area contributed by atoms with Gasteiger partial charge in [0.1, 0.15) is 6.04 Å². The van der Waals surface area contributed by atoms with Crippen molar-refractivity contribution in [1.82, 2.24) is 5.32 Å². The van der Waals surface area contributed by atoms with Crippen molar-refractivity contribution in [3.05, 3.63) is 18.2 Å². The number of thioether (sulfide) groups is 2. The molecule has 0 aliphatic carbocycles. The van der Waals surface area contributed by atoms with Crippen molar-refractivity contribution in [2.45, 2.75) is 17.4 Å². The van der Waals surface area contributed by atoms with Crippen molar-refractivity contribution >= 4 is 52.1 Å². The molecule has 2 aliphatic rings. The van der Waals surface area contributed by atoms with Gasteiger partial charge >= 0.3 is 12.0 Å². The monoisotopic (exact) mass is 380 g/mol. The molecule has 0 saturated heterocycles. The van der Waals surface area contributed by atoms with Gasteiger partial charge in [-0.25, -0.2) is 9.59 Å². The van der Waals surface area contributed by atoms with E-state index in [0.717, 1.165) is 34.6 Å². The molecule has 9 heteroatoms. The normalized spacial score (nSPS) is 15.9. The third-order valence-corrected chi connectivity index (χ3v) is 5.65. The van der Waals surface area contributed by atoms with Gasteiger partial charge in [0.25, 0.3) is 0 Å². The lowest BCUT2D eigenvalue weighted by atomic mass is 10.2. The minimum Gasteiger partial charge on any atom is -0.467 e. The average Bonchev–Trinajstić information content (AvgIpc) is 3.19. The molecule has 1 aromatic rings. The Morgan fingerprint density at radius 2 is 2.32 bits per heavy atom. The van der Waals surface area contributed by atoms with Crippen LogP contribution in [0.15, 0.2) is 28.1 Å². The summed E-state index contributed by atoms with van der Waals surface area (Å²) in [5.41, 5.74) is 1.74. The van der Waals surface area contributed by atoms with Crippen LogP contribution in [0.5, 0.6) is 0 Å². The molecule has 2 amide bonds. The molecule has 0 spiro atoms. The van der Waals surface area contributed by atoms with Gasteiger partial charge in [-0.3, -0.25) is 4.99 Å². The topological polar surface area (TPSA) is 83.0 Å². The van der Waals surface area contributed by atoms with E-state index >= 15 is 0 Å². The minimum atomic E-state index is -0.653. The van der Waals surface area contributed by atoms with Crippen LogP contribution in [0.25, 0.3) is 0 Å². The molecule has 0 aromatic heterocycles. The largest absolute Gasteiger partial charge is 0.467 e. The van der Waals surface area contributed by atoms with E-state index in [2.05, 4.69) is 20.5 Å². The number of hydrogen-bond acceptors (Lipinski definition) is 7. The predicted molar refractivity (Wildman–Crippen MR) is 103 cm³/mol. The first-order valence-corrected chi connectivity index (χ1v) is 10.1. The predicted octanol–water partition coefficient (Wildman–Crippen LogP) is 2.38. The Balaban J connectivity index is 1.64. The molecule has 0 radical (unpaired) electrons. The summed E-state index contributed by atoms with van der Waals surface area (Å²) >= 11 is 3.26. The number of fused-ring (bicyclic) bond motifs is 3. The Morgan fingerprint density at radius 3 is 3.08 bits per heavy atom. The molecule has 1 aromatic carbocycles. The molecular weight excluding hydrogens is 360 g/mol. The van der Waals surface area contributed by atoms with Gasteiger partial charge in [0.05, 0.1) is 19.3 Å². The molecule has 134 valence electrons. The molecule has 2 N–H and O–H groups in total. The summed E-state index contributed by atoms with van der Waals surface area (Å²) in [5.74, 6) is 0.320. The van der Waals surface area contributed by atoms with Crippen molar-refractivity contribution in [3.8, 4) is 0 Å². The molecule has 1 atom stereocenters. The highest BCUT2D eigenvalue weighted by atomic mass is 32.2. The van der Waals surface area contributed by atoms with Gasteiger partial charge in [0.15, 0.2) is 5.17 Å². The number of nitrogens with zero attached hydrogens (tertiary/aromatic N) is 2. The SMILES string of the molecule is COC(=O)C(CCSC)NC(=O)Nc1ccc2c(c1)N1CCN=C1S2. The number of ether oxygens (including phenoxy) is 1. The number of nitrogens with one attached hydrogen (secondary N) is 2. The molecule has 1 unspecified atom stereocenters. The second-order valence-electron chi connectivity index (χ2n) is 5.56. The third-order valence-electron chi connectivity index (χ3n) is 3.91. The maximum absolute atomic E-state index is 12.3. The highest BCUT2D eigenvalue weighted by molar-refractivity contribution is 8.14. The minimum absolute atomic E-state index is 0.419. The summed E-state index contributed by atoms with van der Waals surface area (Å²) < 4.78 is 4.76. The summed E-state index contributed by atoms with van der Waals surface area (Å²) in [5, 5.41) is 6.49. The zero-order chi connectivity index (χ0) is 17.8. The highest BCUT2D eigenvalue weighted by Crippen LogP contribution is 2.43. The number of hydrogen-bond donors (Lipinski definition) is 2. The first-order valence-electron chi connectivity index (χ1n) is 7.90. The summed E-state index contributed by atoms with van der Waals surface area (Å²) in [6.45, 7) is 1.67. The maximum Gasteiger partial charge on any atom is 0.328 e. The van der Waals surface area contributed by atoms with Gasteiger partial charge in [-0.05, 0) is 48.4 Å². The number of urea groups is 1. The van der Waals surface area contributed by atoms with E-state index in [4.69, 9.17) is 4.74 Å². The lowest BCUT2D eigenvalue weighted by molar-refractivity contribution is -0.142. The van der Waals surface area contributed by atoms with Crippen LogP contribution in [-0.2, 0) is 9.53 Å². The number of amidine groups is 1. The molecule has 0 fully saturated rings. The van der Waals surface area contributed by atoms with E-state index in [0.29, 0.717) is 12.1 Å². The Labute approximate surface area is 155 Å². The van der Waals surface area contributed by atoms with Crippen LogP contribution in [0.1, 0.15) is 6.42 Å². The number of rotatable bonds is 6. The Bertz CT molecular complexity index is 711. The lowest BCUT2D eigenvalue weighted by Crippen LogP contribution is -2.44. The van der Waals surface area contributed by atoms with Gasteiger partial charge < -0.3 is 20.3 Å². The molecule has 7 nitrogen and oxygen atoms in total. The van der Waals surface area contributed by atoms with Gasteiger partial charge in [-0.1, -0.05) is 0 Å². The number of aliphatic imine (C=N–C) groups is 1. The van der Waals surface area contributed by atoms with E-state index < -0.39 is 18.0 Å². The molecule has 2 aliphatic heterocycles. The summed E-state index contributed by atoms with van der Waals surface area (Å²) in [6, 6.07) is 4.69. The Hall–Kier alpha value is -1.87. The van der Waals surface area contributed by atoms with Crippen LogP contribution in [0.4, 0.5) is 16.2 Å². The van der Waals surface area contributed by atoms with Gasteiger partial charge in [0, 0.05) is 17.1 Å². The smallest absolute Gasteiger partial charge is 0.328 e. The van der Waals surface area contributed by atoms with Gasteiger partial charge in [0.2, 0.25) is 0 Å². The fourth-order valence-electron chi connectivity index (χ4n) is 2.68. The fourth-order valence-corrected chi connectivity index (χ4v) is 4.21. The van der Waals surface area contributed by atoms with Crippen LogP contribution in [-0.4, -0.2) is 55.4 Å². The number of amides is 2. The maximum atomic E-state index is 12.3. The van der Waals surface area contributed by atoms with Crippen LogP contribution < -0.4 is 15.5 Å². The van der Waals surface area contributed by atoms with E-state index in [1.807, 2.05) is 24.5 Å². The number of anilines is 2. The van der Waals surface area contributed by atoms with E-state index in [1.54, 1.807) is 23.5 Å². The molecule has 0 saturated carbocycles. The number of carbonyl (C=O) groups excluding carboxylic acids is 2. The molecule has 3 rings (SSSR count). The molecule has 25 heavy (non-hydrogen) atoms. The van der Waals surface area contributed by atoms with Crippen LogP contribution in [0.2, 0.25) is 0 Å². The zero-order valence-electron chi connectivity index (χ0n) is 14.1. The second-order valence-corrected chi connectivity index (χ2v) is 7.55. The van der Waals surface area contributed by atoms with Crippen LogP contribution >= 0.6 is 23.5 Å². The number of carbonyl (C=O) groups is 2. The lowest BCUT2D eigenvalue weighted by Gasteiger charge is -2.17. The van der Waals surface area contributed by atoms with Crippen molar-refractivity contribution in [2.24, 2.45) is 4.99 Å². The average molecular weight is 380 g/mol. The van der Waals surface area contributed by atoms with Gasteiger partial charge in [-0.2, -0.15) is 11.8 Å². The van der Waals surface area contributed by atoms with E-state index in [1.165, 1.54) is 7.11 Å². The van der Waals surface area contributed by atoms with Gasteiger partial charge in [-0.15, -0.1) is 0 Å². The second kappa shape index (κ2) is 8.01. The fraction of sp³-hybridized carbons (Fsp3) is 0.438. The Morgan fingerprint density at radius 1 is 1.48 bits per heavy atom. The van der Waals surface area contributed by atoms with Crippen molar-refractivity contribution in [1.29, 1.82) is 0 Å². The number of benzene rings is 1. The molecule has 0 bridgehead atoms. The Kier molecular flexibility index (Phi) is 5.74. The van der Waals surface area contributed by atoms with E-state index in [9.17, 15) is 9.59 Å². The first-order chi connectivity index (χ1) is 12.1. The summed E-state index contributed by atoms with van der Waals surface area (Å²) in [7, 11) is 1.32. The summed E-state index contributed by atoms with van der Waals surface area (Å²) in [6.07, 6.45) is 2.47. The zero-order valence-corrected chi connectivity index (χ0v) is 15.7. The number of esters is 1. The summed E-state index contributed by atoms with van der Waals surface area (Å²) in [4.78, 5) is 31.8. The molecule has 2 heterocycles. The van der Waals surface area contributed by atoms with Crippen LogP contribution in [0.3, 0.4) is 0 Å². The third kappa shape index (κ3) is 4.04. The quantitative estimate of drug-likeness (QED) is 0.738. The molecular formula is C16H20N4O3S2. The highest BCUT2D eigenvalue weighted by Gasteiger charge is 2.29. The van der Waals surface area contributed by atoms with Crippen molar-refractivity contribution < 1.29 is 14.3 Å². The van der Waals surface area contributed by atoms with Crippen molar-refractivity contribution in [2.75, 3.05) is 42.4 Å². The number of methoxy groups -OCH3 is 1. The first kappa shape index (κ1) is 17.9.